The van der Waals surface area contributed by atoms with Crippen LogP contribution in [0.2, 0.25) is 0 Å². The van der Waals surface area contributed by atoms with Gasteiger partial charge in [-0.15, -0.1) is 11.3 Å². The summed E-state index contributed by atoms with van der Waals surface area (Å²) in [6, 6.07) is 5.41. The van der Waals surface area contributed by atoms with Crippen molar-refractivity contribution in [2.75, 3.05) is 32.7 Å². The van der Waals surface area contributed by atoms with E-state index in [1.54, 1.807) is 0 Å². The summed E-state index contributed by atoms with van der Waals surface area (Å²) in [5, 5.41) is 2.16. The summed E-state index contributed by atoms with van der Waals surface area (Å²) in [7, 11) is 0. The summed E-state index contributed by atoms with van der Waals surface area (Å²) < 4.78 is 0. The molecule has 0 N–H and O–H groups in total. The molecule has 0 radical (unpaired) electrons. The predicted molar refractivity (Wildman–Crippen MR) is 93.5 cm³/mol. The van der Waals surface area contributed by atoms with Crippen LogP contribution < -0.4 is 0 Å². The normalized spacial score (nSPS) is 29.4. The summed E-state index contributed by atoms with van der Waals surface area (Å²) >= 11 is 1.85. The summed E-state index contributed by atoms with van der Waals surface area (Å²) in [6.45, 7) is 6.65. The van der Waals surface area contributed by atoms with Crippen LogP contribution in [0, 0.1) is 0 Å². The molecule has 3 aliphatic rings. The summed E-state index contributed by atoms with van der Waals surface area (Å²) in [5.41, 5.74) is 0. The van der Waals surface area contributed by atoms with Crippen molar-refractivity contribution in [1.82, 2.24) is 14.7 Å². The standard InChI is InChI=1S/C18H27N3OS/c22-18-6-5-16-17(21(18)12-11-19-8-1-2-9-19)7-10-20(16)14-15-4-3-13-23-15/h3-4,13,16-17H,1-2,5-12,14H2. The van der Waals surface area contributed by atoms with Crippen molar-refractivity contribution in [2.45, 2.75) is 50.7 Å². The number of hydrogen-bond donors (Lipinski definition) is 0. The zero-order valence-electron chi connectivity index (χ0n) is 13.8. The molecular formula is C18H27N3OS. The van der Waals surface area contributed by atoms with E-state index in [4.69, 9.17) is 0 Å². The Balaban J connectivity index is 1.38. The van der Waals surface area contributed by atoms with Crippen LogP contribution in [0.1, 0.15) is 37.0 Å². The molecule has 4 rings (SSSR count). The van der Waals surface area contributed by atoms with Gasteiger partial charge in [-0.3, -0.25) is 9.69 Å². The molecule has 5 heteroatoms. The maximum Gasteiger partial charge on any atom is 0.222 e. The first kappa shape index (κ1) is 15.6. The third-order valence-electron chi connectivity index (χ3n) is 5.79. The Kier molecular flexibility index (Phi) is 4.69. The third-order valence-corrected chi connectivity index (χ3v) is 6.66. The van der Waals surface area contributed by atoms with E-state index >= 15 is 0 Å². The van der Waals surface area contributed by atoms with Crippen LogP contribution >= 0.6 is 11.3 Å². The highest BCUT2D eigenvalue weighted by molar-refractivity contribution is 7.09. The van der Waals surface area contributed by atoms with Crippen molar-refractivity contribution in [3.8, 4) is 0 Å². The first-order valence-electron chi connectivity index (χ1n) is 9.09. The maximum atomic E-state index is 12.5. The number of rotatable bonds is 5. The SMILES string of the molecule is O=C1CCC2C(CCN2Cc2cccs2)N1CCN1CCCC1. The molecule has 0 bridgehead atoms. The van der Waals surface area contributed by atoms with Gasteiger partial charge in [0.25, 0.3) is 0 Å². The molecule has 1 amide bonds. The lowest BCUT2D eigenvalue weighted by atomic mass is 9.96. The van der Waals surface area contributed by atoms with Gasteiger partial charge >= 0.3 is 0 Å². The summed E-state index contributed by atoms with van der Waals surface area (Å²) in [5.74, 6) is 0.392. The zero-order valence-corrected chi connectivity index (χ0v) is 14.6. The van der Waals surface area contributed by atoms with Crippen LogP contribution in [0.4, 0.5) is 0 Å². The number of thiophene rings is 1. The van der Waals surface area contributed by atoms with Crippen molar-refractivity contribution in [2.24, 2.45) is 0 Å². The van der Waals surface area contributed by atoms with E-state index in [1.807, 2.05) is 11.3 Å². The topological polar surface area (TPSA) is 26.8 Å². The average Bonchev–Trinajstić information content (AvgIpc) is 3.29. The van der Waals surface area contributed by atoms with E-state index in [0.717, 1.165) is 45.4 Å². The van der Waals surface area contributed by atoms with Crippen LogP contribution in [0.25, 0.3) is 0 Å². The van der Waals surface area contributed by atoms with Crippen LogP contribution in [-0.4, -0.2) is 65.4 Å². The molecular weight excluding hydrogens is 306 g/mol. The highest BCUT2D eigenvalue weighted by atomic mass is 32.1. The highest BCUT2D eigenvalue weighted by Gasteiger charge is 2.42. The van der Waals surface area contributed by atoms with Gasteiger partial charge in [0.2, 0.25) is 5.91 Å². The molecule has 1 aromatic heterocycles. The lowest BCUT2D eigenvalue weighted by molar-refractivity contribution is -0.137. The number of amides is 1. The van der Waals surface area contributed by atoms with Gasteiger partial charge in [-0.1, -0.05) is 6.07 Å². The Morgan fingerprint density at radius 3 is 2.74 bits per heavy atom. The summed E-state index contributed by atoms with van der Waals surface area (Å²) in [6.07, 6.45) is 5.60. The van der Waals surface area contributed by atoms with Crippen LogP contribution in [-0.2, 0) is 11.3 Å². The van der Waals surface area contributed by atoms with E-state index in [0.29, 0.717) is 18.0 Å². The molecule has 3 fully saturated rings. The summed E-state index contributed by atoms with van der Waals surface area (Å²) in [4.78, 5) is 21.3. The van der Waals surface area contributed by atoms with Crippen LogP contribution in [0.15, 0.2) is 17.5 Å². The largest absolute Gasteiger partial charge is 0.337 e. The van der Waals surface area contributed by atoms with Gasteiger partial charge in [0.15, 0.2) is 0 Å². The fraction of sp³-hybridized carbons (Fsp3) is 0.722. The van der Waals surface area contributed by atoms with Gasteiger partial charge in [0.1, 0.15) is 0 Å². The molecule has 0 aliphatic carbocycles. The second-order valence-corrected chi connectivity index (χ2v) is 8.18. The Hall–Kier alpha value is -0.910. The minimum atomic E-state index is 0.392. The monoisotopic (exact) mass is 333 g/mol. The second kappa shape index (κ2) is 6.91. The lowest BCUT2D eigenvalue weighted by Gasteiger charge is -2.40. The molecule has 0 saturated carbocycles. The minimum Gasteiger partial charge on any atom is -0.337 e. The van der Waals surface area contributed by atoms with Crippen molar-refractivity contribution in [3.05, 3.63) is 22.4 Å². The Bertz CT molecular complexity index is 526. The molecule has 4 nitrogen and oxygen atoms in total. The Morgan fingerprint density at radius 2 is 1.96 bits per heavy atom. The highest BCUT2D eigenvalue weighted by Crippen LogP contribution is 2.33. The van der Waals surface area contributed by atoms with E-state index < -0.39 is 0 Å². The minimum absolute atomic E-state index is 0.392. The fourth-order valence-corrected chi connectivity index (χ4v) is 5.31. The molecule has 126 valence electrons. The molecule has 2 unspecified atom stereocenters. The van der Waals surface area contributed by atoms with Gasteiger partial charge in [0.05, 0.1) is 0 Å². The van der Waals surface area contributed by atoms with Crippen molar-refractivity contribution in [1.29, 1.82) is 0 Å². The van der Waals surface area contributed by atoms with Crippen LogP contribution in [0.3, 0.4) is 0 Å². The van der Waals surface area contributed by atoms with Gasteiger partial charge in [-0.2, -0.15) is 0 Å². The molecule has 1 aromatic rings. The van der Waals surface area contributed by atoms with E-state index in [1.165, 1.54) is 30.8 Å². The predicted octanol–water partition coefficient (Wildman–Crippen LogP) is 2.41. The number of carbonyl (C=O) groups is 1. The molecule has 4 heterocycles. The number of fused-ring (bicyclic) bond motifs is 1. The average molecular weight is 334 g/mol. The van der Waals surface area contributed by atoms with Crippen molar-refractivity contribution < 1.29 is 4.79 Å². The van der Waals surface area contributed by atoms with Gasteiger partial charge < -0.3 is 9.80 Å². The van der Waals surface area contributed by atoms with Crippen LogP contribution in [0.5, 0.6) is 0 Å². The number of nitrogens with zero attached hydrogens (tertiary/aromatic N) is 3. The number of hydrogen-bond acceptors (Lipinski definition) is 4. The zero-order chi connectivity index (χ0) is 15.6. The molecule has 23 heavy (non-hydrogen) atoms. The fourth-order valence-electron chi connectivity index (χ4n) is 4.58. The molecule has 3 aliphatic heterocycles. The molecule has 3 saturated heterocycles. The number of piperidine rings is 1. The first-order valence-corrected chi connectivity index (χ1v) is 9.97. The second-order valence-electron chi connectivity index (χ2n) is 7.15. The smallest absolute Gasteiger partial charge is 0.222 e. The number of likely N-dealkylation sites (tertiary alicyclic amines) is 3. The lowest BCUT2D eigenvalue weighted by Crippen LogP contribution is -2.53. The van der Waals surface area contributed by atoms with Crippen molar-refractivity contribution >= 4 is 17.2 Å². The van der Waals surface area contributed by atoms with Gasteiger partial charge in [-0.25, -0.2) is 0 Å². The van der Waals surface area contributed by atoms with E-state index in [9.17, 15) is 4.79 Å². The van der Waals surface area contributed by atoms with Gasteiger partial charge in [0, 0.05) is 49.6 Å². The van der Waals surface area contributed by atoms with E-state index in [-0.39, 0.29) is 0 Å². The Labute approximate surface area is 143 Å². The Morgan fingerprint density at radius 1 is 1.09 bits per heavy atom. The number of carbonyl (C=O) groups excluding carboxylic acids is 1. The molecule has 2 atom stereocenters. The molecule has 0 spiro atoms. The van der Waals surface area contributed by atoms with Crippen molar-refractivity contribution in [3.63, 3.8) is 0 Å². The van der Waals surface area contributed by atoms with E-state index in [2.05, 4.69) is 32.2 Å². The third kappa shape index (κ3) is 3.32. The molecule has 0 aromatic carbocycles. The first-order chi connectivity index (χ1) is 11.3. The van der Waals surface area contributed by atoms with Gasteiger partial charge in [-0.05, 0) is 50.2 Å². The maximum absolute atomic E-state index is 12.5. The quantitative estimate of drug-likeness (QED) is 0.828.